The van der Waals surface area contributed by atoms with Crippen molar-refractivity contribution in [1.82, 2.24) is 0 Å². The SMILES string of the molecule is COc1cc(Br)cc(/C=C2\C(=O)N(c3c(F)c(F)c(F)c(F)c3F)N=C2C)c1OC(C)C. The number of hydrogen-bond donors (Lipinski definition) is 0. The van der Waals surface area contributed by atoms with Crippen molar-refractivity contribution in [3.63, 3.8) is 0 Å². The second-order valence-electron chi connectivity index (χ2n) is 6.97. The molecule has 0 aliphatic carbocycles. The predicted molar refractivity (Wildman–Crippen MR) is 111 cm³/mol. The van der Waals surface area contributed by atoms with Crippen LogP contribution >= 0.6 is 15.9 Å². The van der Waals surface area contributed by atoms with E-state index in [4.69, 9.17) is 9.47 Å². The lowest BCUT2D eigenvalue weighted by Gasteiger charge is -2.17. The van der Waals surface area contributed by atoms with Gasteiger partial charge in [-0.3, -0.25) is 4.79 Å². The van der Waals surface area contributed by atoms with Crippen molar-refractivity contribution in [2.75, 3.05) is 12.1 Å². The Morgan fingerprint density at radius 2 is 1.59 bits per heavy atom. The first kappa shape index (κ1) is 23.7. The van der Waals surface area contributed by atoms with E-state index in [1.165, 1.54) is 20.1 Å². The number of benzene rings is 2. The molecule has 170 valence electrons. The van der Waals surface area contributed by atoms with Gasteiger partial charge < -0.3 is 9.47 Å². The summed E-state index contributed by atoms with van der Waals surface area (Å²) in [5, 5.41) is 3.87. The first-order valence-corrected chi connectivity index (χ1v) is 9.94. The van der Waals surface area contributed by atoms with E-state index in [0.717, 1.165) is 0 Å². The molecule has 5 nitrogen and oxygen atoms in total. The van der Waals surface area contributed by atoms with Gasteiger partial charge >= 0.3 is 0 Å². The van der Waals surface area contributed by atoms with Crippen LogP contribution in [0.5, 0.6) is 11.5 Å². The number of hydrogen-bond acceptors (Lipinski definition) is 4. The average molecular weight is 519 g/mol. The van der Waals surface area contributed by atoms with E-state index in [-0.39, 0.29) is 28.1 Å². The third kappa shape index (κ3) is 4.08. The van der Waals surface area contributed by atoms with Gasteiger partial charge in [0.2, 0.25) is 5.82 Å². The zero-order chi connectivity index (χ0) is 23.9. The van der Waals surface area contributed by atoms with Crippen LogP contribution in [-0.2, 0) is 4.79 Å². The van der Waals surface area contributed by atoms with Gasteiger partial charge in [-0.05, 0) is 39.0 Å². The number of rotatable bonds is 5. The molecule has 3 rings (SSSR count). The predicted octanol–water partition coefficient (Wildman–Crippen LogP) is 5.75. The molecule has 0 radical (unpaired) electrons. The van der Waals surface area contributed by atoms with Crippen LogP contribution in [0.2, 0.25) is 0 Å². The number of halogens is 6. The average Bonchev–Trinajstić information content (AvgIpc) is 3.00. The molecule has 1 aliphatic rings. The zero-order valence-electron chi connectivity index (χ0n) is 17.2. The topological polar surface area (TPSA) is 51.1 Å². The maximum absolute atomic E-state index is 14.2. The van der Waals surface area contributed by atoms with Crippen LogP contribution in [0, 0.1) is 29.1 Å². The number of carbonyl (C=O) groups excluding carboxylic acids is 1. The molecule has 0 spiro atoms. The van der Waals surface area contributed by atoms with Gasteiger partial charge in [-0.15, -0.1) is 0 Å². The van der Waals surface area contributed by atoms with E-state index in [1.807, 2.05) is 0 Å². The van der Waals surface area contributed by atoms with E-state index >= 15 is 0 Å². The van der Waals surface area contributed by atoms with Crippen molar-refractivity contribution in [3.05, 3.63) is 56.8 Å². The molecule has 1 heterocycles. The normalized spacial score (nSPS) is 15.1. The molecular weight excluding hydrogens is 503 g/mol. The van der Waals surface area contributed by atoms with Gasteiger partial charge in [0.15, 0.2) is 34.8 Å². The molecule has 1 amide bonds. The molecule has 2 aromatic carbocycles. The highest BCUT2D eigenvalue weighted by molar-refractivity contribution is 9.10. The molecule has 32 heavy (non-hydrogen) atoms. The molecular formula is C21H16BrF5N2O3. The summed E-state index contributed by atoms with van der Waals surface area (Å²) in [6, 6.07) is 3.24. The fourth-order valence-electron chi connectivity index (χ4n) is 2.98. The maximum Gasteiger partial charge on any atom is 0.280 e. The highest BCUT2D eigenvalue weighted by Gasteiger charge is 2.37. The third-order valence-corrected chi connectivity index (χ3v) is 4.84. The first-order chi connectivity index (χ1) is 15.0. The van der Waals surface area contributed by atoms with E-state index < -0.39 is 40.7 Å². The lowest BCUT2D eigenvalue weighted by Crippen LogP contribution is -2.25. The number of nitrogens with zero attached hydrogens (tertiary/aromatic N) is 2. The van der Waals surface area contributed by atoms with Gasteiger partial charge in [0.1, 0.15) is 5.69 Å². The molecule has 0 saturated heterocycles. The van der Waals surface area contributed by atoms with Gasteiger partial charge in [0, 0.05) is 10.0 Å². The summed E-state index contributed by atoms with van der Waals surface area (Å²) in [4.78, 5) is 12.9. The summed E-state index contributed by atoms with van der Waals surface area (Å²) in [6.45, 7) is 4.90. The second-order valence-corrected chi connectivity index (χ2v) is 7.89. The van der Waals surface area contributed by atoms with Gasteiger partial charge in [0.25, 0.3) is 5.91 Å². The molecule has 0 N–H and O–H groups in total. The van der Waals surface area contributed by atoms with E-state index in [0.29, 0.717) is 15.8 Å². The Kier molecular flexibility index (Phi) is 6.59. The highest BCUT2D eigenvalue weighted by atomic mass is 79.9. The summed E-state index contributed by atoms with van der Waals surface area (Å²) >= 11 is 3.32. The molecule has 0 bridgehead atoms. The fraction of sp³-hybridized carbons (Fsp3) is 0.238. The number of anilines is 1. The Labute approximate surface area is 188 Å². The molecule has 0 unspecified atom stereocenters. The number of hydrazone groups is 1. The van der Waals surface area contributed by atoms with Crippen LogP contribution in [0.3, 0.4) is 0 Å². The standard InChI is InChI=1S/C21H16BrF5N2O3/c1-8(2)32-20-10(5-11(22)7-13(20)31-4)6-12-9(3)28-29(21(12)30)19-17(26)15(24)14(23)16(25)18(19)27/h5-8H,1-4H3/b12-6-. The van der Waals surface area contributed by atoms with Crippen LogP contribution in [0.15, 0.2) is 27.3 Å². The Morgan fingerprint density at radius 3 is 2.12 bits per heavy atom. The monoisotopic (exact) mass is 518 g/mol. The minimum atomic E-state index is -2.33. The molecule has 0 fully saturated rings. The quantitative estimate of drug-likeness (QED) is 0.219. The third-order valence-electron chi connectivity index (χ3n) is 4.38. The Bertz CT molecular complexity index is 1150. The van der Waals surface area contributed by atoms with E-state index in [9.17, 15) is 26.7 Å². The van der Waals surface area contributed by atoms with Crippen molar-refractivity contribution >= 4 is 39.3 Å². The van der Waals surface area contributed by atoms with Gasteiger partial charge in [-0.2, -0.15) is 10.1 Å². The number of methoxy groups -OCH3 is 1. The van der Waals surface area contributed by atoms with Gasteiger partial charge in [0.05, 0.1) is 24.5 Å². The van der Waals surface area contributed by atoms with Crippen molar-refractivity contribution in [1.29, 1.82) is 0 Å². The largest absolute Gasteiger partial charge is 0.493 e. The second kappa shape index (κ2) is 8.89. The lowest BCUT2D eigenvalue weighted by atomic mass is 10.1. The zero-order valence-corrected chi connectivity index (χ0v) is 18.8. The lowest BCUT2D eigenvalue weighted by molar-refractivity contribution is -0.114. The number of carbonyl (C=O) groups is 1. The molecule has 11 heteroatoms. The Morgan fingerprint density at radius 1 is 1.03 bits per heavy atom. The van der Waals surface area contributed by atoms with Crippen molar-refractivity contribution in [2.45, 2.75) is 26.9 Å². The summed E-state index contributed by atoms with van der Waals surface area (Å²) < 4.78 is 80.7. The highest BCUT2D eigenvalue weighted by Crippen LogP contribution is 2.39. The molecule has 0 atom stereocenters. The Hall–Kier alpha value is -2.95. The molecule has 0 saturated carbocycles. The van der Waals surface area contributed by atoms with Crippen LogP contribution in [0.4, 0.5) is 27.6 Å². The number of amides is 1. The maximum atomic E-state index is 14.2. The summed E-state index contributed by atoms with van der Waals surface area (Å²) in [7, 11) is 1.42. The van der Waals surface area contributed by atoms with Crippen molar-refractivity contribution in [3.8, 4) is 11.5 Å². The minimum Gasteiger partial charge on any atom is -0.493 e. The summed E-state index contributed by atoms with van der Waals surface area (Å²) in [5.74, 6) is -11.5. The van der Waals surface area contributed by atoms with Crippen molar-refractivity contribution in [2.24, 2.45) is 5.10 Å². The smallest absolute Gasteiger partial charge is 0.280 e. The van der Waals surface area contributed by atoms with E-state index in [2.05, 4.69) is 21.0 Å². The molecule has 0 aromatic heterocycles. The summed E-state index contributed by atoms with van der Waals surface area (Å²) in [6.07, 6.45) is 1.07. The number of ether oxygens (including phenoxy) is 2. The van der Waals surface area contributed by atoms with Crippen LogP contribution in [0.25, 0.3) is 6.08 Å². The van der Waals surface area contributed by atoms with Gasteiger partial charge in [-0.25, -0.2) is 22.0 Å². The van der Waals surface area contributed by atoms with E-state index in [1.54, 1.807) is 26.0 Å². The van der Waals surface area contributed by atoms with Crippen LogP contribution < -0.4 is 14.5 Å². The molecule has 1 aliphatic heterocycles. The Balaban J connectivity index is 2.15. The van der Waals surface area contributed by atoms with Gasteiger partial charge in [-0.1, -0.05) is 15.9 Å². The summed E-state index contributed by atoms with van der Waals surface area (Å²) in [5.41, 5.74) is -1.24. The minimum absolute atomic E-state index is 0.00613. The first-order valence-electron chi connectivity index (χ1n) is 9.15. The van der Waals surface area contributed by atoms with Crippen molar-refractivity contribution < 1.29 is 36.2 Å². The van der Waals surface area contributed by atoms with Crippen LogP contribution in [0.1, 0.15) is 26.3 Å². The molecule has 2 aromatic rings. The van der Waals surface area contributed by atoms with Crippen LogP contribution in [-0.4, -0.2) is 24.8 Å². The fourth-order valence-corrected chi connectivity index (χ4v) is 3.43.